The van der Waals surface area contributed by atoms with E-state index in [1.54, 1.807) is 0 Å². The van der Waals surface area contributed by atoms with E-state index < -0.39 is 0 Å². The SMILES string of the molecule is c1c2c(c3n1COC3)OCO2. The fourth-order valence-corrected chi connectivity index (χ4v) is 1.46. The van der Waals surface area contributed by atoms with Crippen LogP contribution in [0.15, 0.2) is 6.20 Å². The van der Waals surface area contributed by atoms with E-state index in [9.17, 15) is 0 Å². The molecule has 0 saturated carbocycles. The Morgan fingerprint density at radius 2 is 2.36 bits per heavy atom. The van der Waals surface area contributed by atoms with Crippen LogP contribution in [0.5, 0.6) is 11.5 Å². The summed E-state index contributed by atoms with van der Waals surface area (Å²) >= 11 is 0. The van der Waals surface area contributed by atoms with E-state index in [-0.39, 0.29) is 0 Å². The van der Waals surface area contributed by atoms with Crippen molar-refractivity contribution in [2.45, 2.75) is 13.3 Å². The van der Waals surface area contributed by atoms with Gasteiger partial charge in [0.15, 0.2) is 11.5 Å². The van der Waals surface area contributed by atoms with Gasteiger partial charge in [-0.2, -0.15) is 0 Å². The molecule has 0 aliphatic carbocycles. The van der Waals surface area contributed by atoms with Crippen molar-refractivity contribution in [1.29, 1.82) is 0 Å². The van der Waals surface area contributed by atoms with Gasteiger partial charge in [-0.25, -0.2) is 0 Å². The van der Waals surface area contributed by atoms with Crippen LogP contribution < -0.4 is 9.47 Å². The Hall–Kier alpha value is -1.16. The summed E-state index contributed by atoms with van der Waals surface area (Å²) in [5.74, 6) is 1.71. The van der Waals surface area contributed by atoms with Gasteiger partial charge in [0.05, 0.1) is 18.5 Å². The third-order valence-corrected chi connectivity index (χ3v) is 1.99. The van der Waals surface area contributed by atoms with Crippen molar-refractivity contribution < 1.29 is 14.2 Å². The molecule has 2 aliphatic heterocycles. The molecule has 0 saturated heterocycles. The maximum Gasteiger partial charge on any atom is 0.231 e. The van der Waals surface area contributed by atoms with Crippen LogP contribution in [0.1, 0.15) is 5.69 Å². The van der Waals surface area contributed by atoms with E-state index in [4.69, 9.17) is 14.2 Å². The lowest BCUT2D eigenvalue weighted by molar-refractivity contribution is 0.108. The molecule has 3 heterocycles. The molecular formula is C7H7NO3. The predicted molar refractivity (Wildman–Crippen MR) is 35.3 cm³/mol. The molecule has 2 aliphatic rings. The minimum Gasteiger partial charge on any atom is -0.452 e. The van der Waals surface area contributed by atoms with Crippen LogP contribution in [0.25, 0.3) is 0 Å². The zero-order valence-corrected chi connectivity index (χ0v) is 5.87. The van der Waals surface area contributed by atoms with Gasteiger partial charge in [0.2, 0.25) is 6.79 Å². The third-order valence-electron chi connectivity index (χ3n) is 1.99. The number of aromatic nitrogens is 1. The first-order chi connectivity index (χ1) is 5.45. The van der Waals surface area contributed by atoms with E-state index in [0.29, 0.717) is 20.1 Å². The topological polar surface area (TPSA) is 32.6 Å². The zero-order valence-electron chi connectivity index (χ0n) is 5.87. The summed E-state index contributed by atoms with van der Waals surface area (Å²) in [5.41, 5.74) is 1.09. The first kappa shape index (κ1) is 5.49. The van der Waals surface area contributed by atoms with E-state index in [1.807, 2.05) is 10.8 Å². The van der Waals surface area contributed by atoms with Crippen LogP contribution >= 0.6 is 0 Å². The van der Waals surface area contributed by atoms with E-state index in [2.05, 4.69) is 0 Å². The van der Waals surface area contributed by atoms with Gasteiger partial charge in [0.1, 0.15) is 6.73 Å². The van der Waals surface area contributed by atoms with E-state index in [0.717, 1.165) is 17.2 Å². The van der Waals surface area contributed by atoms with E-state index in [1.165, 1.54) is 0 Å². The first-order valence-electron chi connectivity index (χ1n) is 3.50. The van der Waals surface area contributed by atoms with Gasteiger partial charge in [0, 0.05) is 0 Å². The molecule has 1 aromatic heterocycles. The third kappa shape index (κ3) is 0.574. The maximum absolute atomic E-state index is 5.26. The second-order valence-corrected chi connectivity index (χ2v) is 2.62. The van der Waals surface area contributed by atoms with Gasteiger partial charge in [-0.1, -0.05) is 0 Å². The number of fused-ring (bicyclic) bond motifs is 3. The number of nitrogens with zero attached hydrogens (tertiary/aromatic N) is 1. The second kappa shape index (κ2) is 1.71. The van der Waals surface area contributed by atoms with Gasteiger partial charge in [-0.15, -0.1) is 0 Å². The molecule has 0 bridgehead atoms. The van der Waals surface area contributed by atoms with Gasteiger partial charge in [0.25, 0.3) is 0 Å². The lowest BCUT2D eigenvalue weighted by atomic mass is 10.4. The van der Waals surface area contributed by atoms with Crippen molar-refractivity contribution in [1.82, 2.24) is 4.57 Å². The predicted octanol–water partition coefficient (Wildman–Crippen LogP) is 0.704. The molecule has 0 spiro atoms. The van der Waals surface area contributed by atoms with Gasteiger partial charge in [-0.3, -0.25) is 0 Å². The monoisotopic (exact) mass is 153 g/mol. The Labute approximate surface area is 63.3 Å². The Morgan fingerprint density at radius 3 is 3.36 bits per heavy atom. The molecule has 4 heteroatoms. The van der Waals surface area contributed by atoms with Crippen molar-refractivity contribution in [3.8, 4) is 11.5 Å². The van der Waals surface area contributed by atoms with Crippen molar-refractivity contribution in [2.24, 2.45) is 0 Å². The van der Waals surface area contributed by atoms with E-state index >= 15 is 0 Å². The highest BCUT2D eigenvalue weighted by Crippen LogP contribution is 2.39. The highest BCUT2D eigenvalue weighted by atomic mass is 16.7. The van der Waals surface area contributed by atoms with Crippen LogP contribution in [-0.4, -0.2) is 11.4 Å². The number of rotatable bonds is 0. The van der Waals surface area contributed by atoms with Crippen molar-refractivity contribution >= 4 is 0 Å². The molecule has 0 N–H and O–H groups in total. The van der Waals surface area contributed by atoms with Gasteiger partial charge < -0.3 is 18.8 Å². The molecule has 0 radical (unpaired) electrons. The molecule has 4 nitrogen and oxygen atoms in total. The second-order valence-electron chi connectivity index (χ2n) is 2.62. The van der Waals surface area contributed by atoms with Crippen molar-refractivity contribution in [3.63, 3.8) is 0 Å². The molecule has 0 amide bonds. The average molecular weight is 153 g/mol. The fourth-order valence-electron chi connectivity index (χ4n) is 1.46. The van der Waals surface area contributed by atoms with Gasteiger partial charge in [-0.05, 0) is 0 Å². The number of hydrogen-bond acceptors (Lipinski definition) is 3. The first-order valence-corrected chi connectivity index (χ1v) is 3.50. The molecule has 0 unspecified atom stereocenters. The lowest BCUT2D eigenvalue weighted by Crippen LogP contribution is -1.98. The largest absolute Gasteiger partial charge is 0.452 e. The lowest BCUT2D eigenvalue weighted by Gasteiger charge is -1.95. The standard InChI is InChI=1S/C7H7NO3/c1-6-7(11-4-10-6)5-2-9-3-8(1)5/h1H,2-4H2. The summed E-state index contributed by atoms with van der Waals surface area (Å²) in [5, 5.41) is 0. The molecule has 0 fully saturated rings. The average Bonchev–Trinajstić information content (AvgIpc) is 2.52. The quantitative estimate of drug-likeness (QED) is 0.550. The van der Waals surface area contributed by atoms with Crippen LogP contribution in [0.2, 0.25) is 0 Å². The molecule has 11 heavy (non-hydrogen) atoms. The minimum atomic E-state index is 0.346. The Kier molecular flexibility index (Phi) is 0.851. The maximum atomic E-state index is 5.26. The summed E-state index contributed by atoms with van der Waals surface area (Å²) in [6.07, 6.45) is 1.92. The molecular weight excluding hydrogens is 146 g/mol. The van der Waals surface area contributed by atoms with Crippen molar-refractivity contribution in [3.05, 3.63) is 11.9 Å². The Bertz CT molecular complexity index is 276. The van der Waals surface area contributed by atoms with Gasteiger partial charge >= 0.3 is 0 Å². The summed E-state index contributed by atoms with van der Waals surface area (Å²) < 4.78 is 17.7. The van der Waals surface area contributed by atoms with Crippen LogP contribution in [-0.2, 0) is 18.1 Å². The number of hydrogen-bond donors (Lipinski definition) is 0. The molecule has 58 valence electrons. The van der Waals surface area contributed by atoms with Crippen LogP contribution in [0.4, 0.5) is 0 Å². The smallest absolute Gasteiger partial charge is 0.231 e. The normalized spacial score (nSPS) is 18.9. The molecule has 1 aromatic rings. The highest BCUT2D eigenvalue weighted by Gasteiger charge is 2.26. The fraction of sp³-hybridized carbons (Fsp3) is 0.429. The number of ether oxygens (including phenoxy) is 3. The molecule has 0 atom stereocenters. The van der Waals surface area contributed by atoms with Crippen LogP contribution in [0, 0.1) is 0 Å². The minimum absolute atomic E-state index is 0.346. The molecule has 0 aromatic carbocycles. The Morgan fingerprint density at radius 1 is 1.36 bits per heavy atom. The highest BCUT2D eigenvalue weighted by molar-refractivity contribution is 5.46. The summed E-state index contributed by atoms with van der Waals surface area (Å²) in [6, 6.07) is 0. The zero-order chi connectivity index (χ0) is 7.26. The molecule has 3 rings (SSSR count). The van der Waals surface area contributed by atoms with Crippen molar-refractivity contribution in [2.75, 3.05) is 6.79 Å². The summed E-state index contributed by atoms with van der Waals surface area (Å²) in [4.78, 5) is 0. The summed E-state index contributed by atoms with van der Waals surface area (Å²) in [6.45, 7) is 1.60. The summed E-state index contributed by atoms with van der Waals surface area (Å²) in [7, 11) is 0. The Balaban J connectivity index is 2.22. The van der Waals surface area contributed by atoms with Crippen LogP contribution in [0.3, 0.4) is 0 Å².